The predicted octanol–water partition coefficient (Wildman–Crippen LogP) is 1.91. The van der Waals surface area contributed by atoms with Gasteiger partial charge in [-0.1, -0.05) is 18.2 Å². The van der Waals surface area contributed by atoms with Gasteiger partial charge in [-0.25, -0.2) is 9.59 Å². The van der Waals surface area contributed by atoms with Gasteiger partial charge in [0.25, 0.3) is 5.91 Å². The lowest BCUT2D eigenvalue weighted by atomic mass is 9.96. The molecular formula is C21H27N3O6S. The Hall–Kier alpha value is -2.75. The highest BCUT2D eigenvalue weighted by molar-refractivity contribution is 8.00. The Labute approximate surface area is 184 Å². The summed E-state index contributed by atoms with van der Waals surface area (Å²) < 4.78 is 5.29. The summed E-state index contributed by atoms with van der Waals surface area (Å²) in [5, 5.41) is 14.1. The van der Waals surface area contributed by atoms with Crippen molar-refractivity contribution in [2.45, 2.75) is 68.8 Å². The second-order valence-electron chi connectivity index (χ2n) is 8.55. The molecule has 2 heterocycles. The number of nitrogens with zero attached hydrogens (tertiary/aromatic N) is 1. The fraction of sp³-hybridized carbons (Fsp3) is 0.524. The summed E-state index contributed by atoms with van der Waals surface area (Å²) in [4.78, 5) is 50.7. The van der Waals surface area contributed by atoms with Crippen molar-refractivity contribution in [2.75, 3.05) is 0 Å². The van der Waals surface area contributed by atoms with Crippen LogP contribution in [0.15, 0.2) is 35.6 Å². The number of rotatable bonds is 5. The second-order valence-corrected chi connectivity index (χ2v) is 10.1. The van der Waals surface area contributed by atoms with Gasteiger partial charge in [-0.05, 0) is 52.2 Å². The number of fused-ring (bicyclic) bond motifs is 1. The van der Waals surface area contributed by atoms with E-state index in [0.29, 0.717) is 18.4 Å². The molecule has 1 fully saturated rings. The molecule has 3 rings (SSSR count). The third kappa shape index (κ3) is 5.12. The zero-order valence-corrected chi connectivity index (χ0v) is 18.7. The summed E-state index contributed by atoms with van der Waals surface area (Å²) in [5.41, 5.74) is -0.106. The summed E-state index contributed by atoms with van der Waals surface area (Å²) >= 11 is 1.39. The largest absolute Gasteiger partial charge is 0.477 e. The first-order valence-electron chi connectivity index (χ1n) is 10.1. The highest BCUT2D eigenvalue weighted by Gasteiger charge is 2.54. The van der Waals surface area contributed by atoms with Gasteiger partial charge in [0.1, 0.15) is 28.8 Å². The lowest BCUT2D eigenvalue weighted by molar-refractivity contribution is -0.150. The van der Waals surface area contributed by atoms with E-state index in [1.807, 2.05) is 25.2 Å². The lowest BCUT2D eigenvalue weighted by Crippen LogP contribution is -2.71. The smallest absolute Gasteiger partial charge is 0.408 e. The van der Waals surface area contributed by atoms with Crippen LogP contribution >= 0.6 is 11.8 Å². The molecule has 10 heteroatoms. The molecule has 3 amide bonds. The Morgan fingerprint density at radius 1 is 1.29 bits per heavy atom. The molecule has 0 aromatic rings. The maximum atomic E-state index is 13.1. The summed E-state index contributed by atoms with van der Waals surface area (Å²) in [7, 11) is 0. The summed E-state index contributed by atoms with van der Waals surface area (Å²) in [5.74, 6) is -2.20. The van der Waals surface area contributed by atoms with Crippen LogP contribution in [0.4, 0.5) is 4.79 Å². The molecular weight excluding hydrogens is 422 g/mol. The molecule has 0 aromatic heterocycles. The predicted molar refractivity (Wildman–Crippen MR) is 115 cm³/mol. The summed E-state index contributed by atoms with van der Waals surface area (Å²) in [6, 6.07) is -1.87. The Bertz CT molecular complexity index is 888. The standard InChI is InChI=1S/C21H27N3O6S/c1-11-10-13(19(27)28)24-17(26)15(18(24)31-11)22-16(25)14(12-8-6-5-7-9-12)23-20(29)30-21(2,3)4/h5-6,9-11,14-15,18H,7-8H2,1-4H3,(H,22,25)(H,23,29)(H,27,28)/t11?,14?,15?,18-/m0/s1. The van der Waals surface area contributed by atoms with Gasteiger partial charge in [0.15, 0.2) is 0 Å². The Balaban J connectivity index is 1.74. The first-order valence-corrected chi connectivity index (χ1v) is 11.0. The van der Waals surface area contributed by atoms with E-state index in [2.05, 4.69) is 10.6 Å². The minimum atomic E-state index is -1.18. The third-order valence-corrected chi connectivity index (χ3v) is 6.22. The molecule has 3 unspecified atom stereocenters. The molecule has 168 valence electrons. The van der Waals surface area contributed by atoms with Gasteiger partial charge in [0, 0.05) is 5.25 Å². The van der Waals surface area contributed by atoms with Crippen LogP contribution in [0.1, 0.15) is 40.5 Å². The number of amides is 3. The van der Waals surface area contributed by atoms with Crippen molar-refractivity contribution in [1.82, 2.24) is 15.5 Å². The van der Waals surface area contributed by atoms with Crippen molar-refractivity contribution < 1.29 is 29.0 Å². The molecule has 31 heavy (non-hydrogen) atoms. The van der Waals surface area contributed by atoms with Gasteiger partial charge in [-0.3, -0.25) is 14.5 Å². The number of thioether (sulfide) groups is 1. The molecule has 3 aliphatic rings. The zero-order valence-electron chi connectivity index (χ0n) is 17.9. The molecule has 0 radical (unpaired) electrons. The van der Waals surface area contributed by atoms with Gasteiger partial charge in [0.2, 0.25) is 5.91 Å². The second kappa shape index (κ2) is 8.78. The number of carboxylic acids is 1. The SMILES string of the molecule is CC1C=C(C(=O)O)N2C(=O)C(NC(=O)C(NC(=O)OC(C)(C)C)C3=CCC=CC3)[C@@H]2S1. The number of allylic oxidation sites excluding steroid dienone is 3. The number of ether oxygens (including phenoxy) is 1. The molecule has 1 aliphatic carbocycles. The van der Waals surface area contributed by atoms with Crippen LogP contribution in [-0.2, 0) is 19.1 Å². The molecule has 1 saturated heterocycles. The number of β-lactam (4-membered cyclic amide) rings is 1. The van der Waals surface area contributed by atoms with Crippen molar-refractivity contribution in [3.63, 3.8) is 0 Å². The van der Waals surface area contributed by atoms with Crippen LogP contribution < -0.4 is 10.6 Å². The molecule has 0 spiro atoms. The van der Waals surface area contributed by atoms with Crippen LogP contribution in [0, 0.1) is 0 Å². The summed E-state index contributed by atoms with van der Waals surface area (Å²) in [6.07, 6.45) is 7.63. The van der Waals surface area contributed by atoms with Crippen LogP contribution in [0.5, 0.6) is 0 Å². The topological polar surface area (TPSA) is 125 Å². The highest BCUT2D eigenvalue weighted by Crippen LogP contribution is 2.40. The highest BCUT2D eigenvalue weighted by atomic mass is 32.2. The Morgan fingerprint density at radius 2 is 2.00 bits per heavy atom. The maximum Gasteiger partial charge on any atom is 0.408 e. The lowest BCUT2D eigenvalue weighted by Gasteiger charge is -2.49. The van der Waals surface area contributed by atoms with Gasteiger partial charge < -0.3 is 20.5 Å². The third-order valence-electron chi connectivity index (χ3n) is 4.90. The van der Waals surface area contributed by atoms with Crippen molar-refractivity contribution >= 4 is 35.6 Å². The van der Waals surface area contributed by atoms with Crippen molar-refractivity contribution in [1.29, 1.82) is 0 Å². The number of aliphatic carboxylic acids is 1. The molecule has 4 atom stereocenters. The van der Waals surface area contributed by atoms with Gasteiger partial charge >= 0.3 is 12.1 Å². The number of hydrogen-bond acceptors (Lipinski definition) is 6. The van der Waals surface area contributed by atoms with Crippen molar-refractivity contribution in [3.8, 4) is 0 Å². The molecule has 9 nitrogen and oxygen atoms in total. The van der Waals surface area contributed by atoms with Crippen molar-refractivity contribution in [3.05, 3.63) is 35.6 Å². The van der Waals surface area contributed by atoms with E-state index in [1.54, 1.807) is 20.8 Å². The van der Waals surface area contributed by atoms with E-state index in [0.717, 1.165) is 0 Å². The van der Waals surface area contributed by atoms with Crippen LogP contribution in [0.2, 0.25) is 0 Å². The fourth-order valence-electron chi connectivity index (χ4n) is 3.57. The number of carboxylic acid groups (broad SMARTS) is 1. The van der Waals surface area contributed by atoms with Crippen LogP contribution in [0.25, 0.3) is 0 Å². The minimum Gasteiger partial charge on any atom is -0.477 e. The Kier molecular flexibility index (Phi) is 6.49. The molecule has 0 bridgehead atoms. The normalized spacial score (nSPS) is 26.0. The van der Waals surface area contributed by atoms with Crippen molar-refractivity contribution in [2.24, 2.45) is 0 Å². The van der Waals surface area contributed by atoms with E-state index in [4.69, 9.17) is 4.74 Å². The molecule has 0 aromatic carbocycles. The number of hydrogen-bond donors (Lipinski definition) is 3. The molecule has 2 aliphatic heterocycles. The summed E-state index contributed by atoms with van der Waals surface area (Å²) in [6.45, 7) is 7.00. The van der Waals surface area contributed by atoms with E-state index in [9.17, 15) is 24.3 Å². The van der Waals surface area contributed by atoms with E-state index >= 15 is 0 Å². The van der Waals surface area contributed by atoms with Gasteiger partial charge in [0.05, 0.1) is 0 Å². The zero-order chi connectivity index (χ0) is 22.9. The Morgan fingerprint density at radius 3 is 2.58 bits per heavy atom. The average molecular weight is 450 g/mol. The average Bonchev–Trinajstić information content (AvgIpc) is 2.68. The van der Waals surface area contributed by atoms with Crippen LogP contribution in [-0.4, -0.2) is 62.2 Å². The van der Waals surface area contributed by atoms with Crippen LogP contribution in [0.3, 0.4) is 0 Å². The van der Waals surface area contributed by atoms with E-state index in [1.165, 1.54) is 22.7 Å². The first-order chi connectivity index (χ1) is 14.5. The van der Waals surface area contributed by atoms with Gasteiger partial charge in [-0.15, -0.1) is 11.8 Å². The number of alkyl carbamates (subject to hydrolysis) is 1. The minimum absolute atomic E-state index is 0.0738. The monoisotopic (exact) mass is 449 g/mol. The fourth-order valence-corrected chi connectivity index (χ4v) is 4.90. The number of carbonyl (C=O) groups is 4. The van der Waals surface area contributed by atoms with Gasteiger partial charge in [-0.2, -0.15) is 0 Å². The molecule has 3 N–H and O–H groups in total. The first kappa shape index (κ1) is 22.9. The maximum absolute atomic E-state index is 13.1. The molecule has 0 saturated carbocycles. The number of nitrogens with one attached hydrogen (secondary N) is 2. The number of carbonyl (C=O) groups excluding carboxylic acids is 3. The van der Waals surface area contributed by atoms with E-state index in [-0.39, 0.29) is 10.9 Å². The quantitative estimate of drug-likeness (QED) is 0.432. The van der Waals surface area contributed by atoms with E-state index < -0.39 is 46.9 Å².